The molecule has 2 heteroatoms. The van der Waals surface area contributed by atoms with E-state index in [-0.39, 0.29) is 0 Å². The van der Waals surface area contributed by atoms with Crippen LogP contribution in [0.1, 0.15) is 18.4 Å². The van der Waals surface area contributed by atoms with Gasteiger partial charge in [0, 0.05) is 0 Å². The van der Waals surface area contributed by atoms with Crippen LogP contribution in [-0.2, 0) is 11.2 Å². The highest BCUT2D eigenvalue weighted by molar-refractivity contribution is 5.78. The first-order valence-electron chi connectivity index (χ1n) is 6.57. The van der Waals surface area contributed by atoms with Gasteiger partial charge < -0.3 is 5.11 Å². The quantitative estimate of drug-likeness (QED) is 0.899. The normalized spacial score (nSPS) is 16.0. The van der Waals surface area contributed by atoms with Gasteiger partial charge in [0.15, 0.2) is 0 Å². The molecule has 0 bridgehead atoms. The number of aliphatic carboxylic acids is 1. The minimum Gasteiger partial charge on any atom is -0.481 e. The van der Waals surface area contributed by atoms with Crippen molar-refractivity contribution in [2.75, 3.05) is 0 Å². The lowest BCUT2D eigenvalue weighted by atomic mass is 9.95. The monoisotopic (exact) mass is 252 g/mol. The summed E-state index contributed by atoms with van der Waals surface area (Å²) in [4.78, 5) is 11.2. The van der Waals surface area contributed by atoms with Gasteiger partial charge in [-0.1, -0.05) is 54.6 Å². The summed E-state index contributed by atoms with van der Waals surface area (Å²) in [6.45, 7) is 0. The Morgan fingerprint density at radius 3 is 2.05 bits per heavy atom. The molecule has 0 radical (unpaired) electrons. The minimum atomic E-state index is -0.653. The van der Waals surface area contributed by atoms with Crippen molar-refractivity contribution >= 4 is 5.97 Å². The topological polar surface area (TPSA) is 37.3 Å². The van der Waals surface area contributed by atoms with Crippen LogP contribution >= 0.6 is 0 Å². The first kappa shape index (κ1) is 12.0. The minimum absolute atomic E-state index is 0.478. The van der Waals surface area contributed by atoms with Gasteiger partial charge in [0.2, 0.25) is 0 Å². The number of carbonyl (C=O) groups is 1. The van der Waals surface area contributed by atoms with Gasteiger partial charge in [0.1, 0.15) is 0 Å². The van der Waals surface area contributed by atoms with Gasteiger partial charge in [0.25, 0.3) is 0 Å². The zero-order valence-corrected chi connectivity index (χ0v) is 10.7. The summed E-state index contributed by atoms with van der Waals surface area (Å²) in [6.07, 6.45) is 2.27. The van der Waals surface area contributed by atoms with E-state index in [1.54, 1.807) is 0 Å². The number of hydrogen-bond acceptors (Lipinski definition) is 1. The van der Waals surface area contributed by atoms with Gasteiger partial charge >= 0.3 is 5.97 Å². The van der Waals surface area contributed by atoms with Crippen LogP contribution in [0.25, 0.3) is 11.1 Å². The van der Waals surface area contributed by atoms with E-state index in [0.29, 0.717) is 6.42 Å². The molecule has 0 unspecified atom stereocenters. The van der Waals surface area contributed by atoms with Crippen LogP contribution in [0.4, 0.5) is 0 Å². The smallest absolute Gasteiger partial charge is 0.309 e. The third kappa shape index (κ3) is 2.39. The van der Waals surface area contributed by atoms with E-state index < -0.39 is 11.4 Å². The third-order valence-electron chi connectivity index (χ3n) is 3.91. The van der Waals surface area contributed by atoms with Crippen molar-refractivity contribution in [2.45, 2.75) is 19.3 Å². The second kappa shape index (κ2) is 4.54. The Morgan fingerprint density at radius 2 is 1.53 bits per heavy atom. The van der Waals surface area contributed by atoms with E-state index in [1.165, 1.54) is 11.1 Å². The molecule has 0 amide bonds. The van der Waals surface area contributed by atoms with Crippen LogP contribution in [0.5, 0.6) is 0 Å². The highest BCUT2D eigenvalue weighted by Crippen LogP contribution is 2.48. The molecule has 96 valence electrons. The first-order valence-corrected chi connectivity index (χ1v) is 6.57. The van der Waals surface area contributed by atoms with Crippen molar-refractivity contribution in [3.63, 3.8) is 0 Å². The zero-order valence-electron chi connectivity index (χ0n) is 10.7. The van der Waals surface area contributed by atoms with Gasteiger partial charge in [-0.15, -0.1) is 0 Å². The highest BCUT2D eigenvalue weighted by Gasteiger charge is 2.49. The average molecular weight is 252 g/mol. The maximum atomic E-state index is 11.2. The van der Waals surface area contributed by atoms with E-state index in [9.17, 15) is 9.90 Å². The predicted octanol–water partition coefficient (Wildman–Crippen LogP) is 3.76. The molecule has 2 aromatic carbocycles. The van der Waals surface area contributed by atoms with Gasteiger partial charge in [-0.3, -0.25) is 4.79 Å². The maximum absolute atomic E-state index is 11.2. The number of carboxylic acids is 1. The van der Waals surface area contributed by atoms with E-state index >= 15 is 0 Å². The molecule has 0 atom stereocenters. The Morgan fingerprint density at radius 1 is 0.947 bits per heavy atom. The average Bonchev–Trinajstić information content (AvgIpc) is 3.22. The lowest BCUT2D eigenvalue weighted by molar-refractivity contribution is -0.143. The Kier molecular flexibility index (Phi) is 2.86. The third-order valence-corrected chi connectivity index (χ3v) is 3.91. The van der Waals surface area contributed by atoms with Crippen LogP contribution in [0.15, 0.2) is 54.6 Å². The van der Waals surface area contributed by atoms with Crippen LogP contribution in [-0.4, -0.2) is 11.1 Å². The molecule has 1 aliphatic carbocycles. The van der Waals surface area contributed by atoms with Gasteiger partial charge in [-0.25, -0.2) is 0 Å². The summed E-state index contributed by atoms with van der Waals surface area (Å²) in [6, 6.07) is 18.4. The van der Waals surface area contributed by atoms with Gasteiger partial charge in [-0.2, -0.15) is 0 Å². The Hall–Kier alpha value is -2.09. The fraction of sp³-hybridized carbons (Fsp3) is 0.235. The fourth-order valence-corrected chi connectivity index (χ4v) is 2.45. The Balaban J connectivity index is 1.78. The summed E-state index contributed by atoms with van der Waals surface area (Å²) < 4.78 is 0. The van der Waals surface area contributed by atoms with E-state index in [4.69, 9.17) is 0 Å². The number of benzene rings is 2. The summed E-state index contributed by atoms with van der Waals surface area (Å²) in [5.74, 6) is -0.653. The zero-order chi connectivity index (χ0) is 13.3. The second-order valence-electron chi connectivity index (χ2n) is 5.33. The second-order valence-corrected chi connectivity index (χ2v) is 5.33. The highest BCUT2D eigenvalue weighted by atomic mass is 16.4. The summed E-state index contributed by atoms with van der Waals surface area (Å²) in [5, 5.41) is 9.20. The van der Waals surface area contributed by atoms with Gasteiger partial charge in [-0.05, 0) is 36.0 Å². The molecule has 2 aromatic rings. The largest absolute Gasteiger partial charge is 0.481 e. The molecule has 0 aliphatic heterocycles. The number of carboxylic acid groups (broad SMARTS) is 1. The molecule has 1 N–H and O–H groups in total. The molecular weight excluding hydrogens is 236 g/mol. The van der Waals surface area contributed by atoms with Crippen molar-refractivity contribution in [1.82, 2.24) is 0 Å². The molecule has 1 saturated carbocycles. The molecular formula is C17H16O2. The fourth-order valence-electron chi connectivity index (χ4n) is 2.45. The molecule has 0 saturated heterocycles. The van der Waals surface area contributed by atoms with E-state index in [2.05, 4.69) is 24.3 Å². The van der Waals surface area contributed by atoms with E-state index in [0.717, 1.165) is 18.4 Å². The lowest BCUT2D eigenvalue weighted by Gasteiger charge is -2.10. The molecule has 0 spiro atoms. The predicted molar refractivity (Wildman–Crippen MR) is 74.9 cm³/mol. The van der Waals surface area contributed by atoms with Crippen molar-refractivity contribution in [1.29, 1.82) is 0 Å². The molecule has 19 heavy (non-hydrogen) atoms. The van der Waals surface area contributed by atoms with Crippen molar-refractivity contribution in [3.8, 4) is 11.1 Å². The summed E-state index contributed by atoms with van der Waals surface area (Å²) in [5.41, 5.74) is 2.99. The molecule has 1 fully saturated rings. The maximum Gasteiger partial charge on any atom is 0.309 e. The SMILES string of the molecule is O=C(O)C1(Cc2ccc(-c3ccccc3)cc2)CC1. The van der Waals surface area contributed by atoms with Crippen molar-refractivity contribution in [3.05, 3.63) is 60.2 Å². The van der Waals surface area contributed by atoms with Crippen LogP contribution < -0.4 is 0 Å². The number of hydrogen-bond donors (Lipinski definition) is 1. The molecule has 0 heterocycles. The first-order chi connectivity index (χ1) is 9.20. The molecule has 2 nitrogen and oxygen atoms in total. The van der Waals surface area contributed by atoms with Crippen LogP contribution in [0.3, 0.4) is 0 Å². The summed E-state index contributed by atoms with van der Waals surface area (Å²) >= 11 is 0. The van der Waals surface area contributed by atoms with Gasteiger partial charge in [0.05, 0.1) is 5.41 Å². The Bertz CT molecular complexity index is 580. The number of rotatable bonds is 4. The van der Waals surface area contributed by atoms with Crippen LogP contribution in [0, 0.1) is 5.41 Å². The molecule has 3 rings (SSSR count). The van der Waals surface area contributed by atoms with Crippen LogP contribution in [0.2, 0.25) is 0 Å². The van der Waals surface area contributed by atoms with E-state index in [1.807, 2.05) is 30.3 Å². The molecule has 0 aromatic heterocycles. The standard InChI is InChI=1S/C17H16O2/c18-16(19)17(10-11-17)12-13-6-8-15(9-7-13)14-4-2-1-3-5-14/h1-9H,10-12H2,(H,18,19). The summed E-state index contributed by atoms with van der Waals surface area (Å²) in [7, 11) is 0. The molecule has 1 aliphatic rings. The Labute approximate surface area is 112 Å². The van der Waals surface area contributed by atoms with Crippen molar-refractivity contribution < 1.29 is 9.90 Å². The lowest BCUT2D eigenvalue weighted by Crippen LogP contribution is -2.17. The van der Waals surface area contributed by atoms with Crippen molar-refractivity contribution in [2.24, 2.45) is 5.41 Å².